The van der Waals surface area contributed by atoms with E-state index >= 15 is 0 Å². The van der Waals surface area contributed by atoms with Crippen molar-refractivity contribution < 1.29 is 4.74 Å². The summed E-state index contributed by atoms with van der Waals surface area (Å²) in [5, 5.41) is 1.28. The molecule has 1 aliphatic carbocycles. The lowest BCUT2D eigenvalue weighted by Crippen LogP contribution is -2.27. The summed E-state index contributed by atoms with van der Waals surface area (Å²) in [5.74, 6) is 1.13. The number of hydrogen-bond donors (Lipinski definition) is 1. The molecule has 1 fully saturated rings. The van der Waals surface area contributed by atoms with Gasteiger partial charge in [0.15, 0.2) is 0 Å². The van der Waals surface area contributed by atoms with Crippen LogP contribution in [0.1, 0.15) is 24.2 Å². The molecule has 24 heavy (non-hydrogen) atoms. The number of ether oxygens (including phenoxy) is 1. The van der Waals surface area contributed by atoms with Gasteiger partial charge in [-0.25, -0.2) is 4.98 Å². The molecule has 2 heterocycles. The molecule has 0 atom stereocenters. The number of rotatable bonds is 8. The molecular weight excluding hydrogens is 300 g/mol. The summed E-state index contributed by atoms with van der Waals surface area (Å²) in [6.07, 6.45) is 8.53. The van der Waals surface area contributed by atoms with Crippen LogP contribution < -0.4 is 0 Å². The third-order valence-corrected chi connectivity index (χ3v) is 4.75. The summed E-state index contributed by atoms with van der Waals surface area (Å²) in [6.45, 7) is 3.45. The highest BCUT2D eigenvalue weighted by Crippen LogP contribution is 2.30. The smallest absolute Gasteiger partial charge is 0.122 e. The van der Waals surface area contributed by atoms with Gasteiger partial charge in [0.1, 0.15) is 5.82 Å². The number of nitrogens with one attached hydrogen (secondary N) is 1. The number of H-pyrrole nitrogens is 1. The van der Waals surface area contributed by atoms with E-state index in [-0.39, 0.29) is 0 Å². The zero-order chi connectivity index (χ0) is 16.4. The minimum atomic E-state index is 0.694. The molecule has 1 N–H and O–H groups in total. The predicted molar refractivity (Wildman–Crippen MR) is 94.7 cm³/mol. The molecule has 0 spiro atoms. The lowest BCUT2D eigenvalue weighted by molar-refractivity contribution is 0.182. The van der Waals surface area contributed by atoms with Crippen molar-refractivity contribution in [1.82, 2.24) is 19.4 Å². The standard InChI is InChI=1S/C19H24N4O/c1-24-11-10-22-9-8-21-19(22)14-23(17-3-4-17)13-15-2-5-18-16(12-15)6-7-20-18/h2,5-9,12,17,20H,3-4,10-11,13-14H2,1H3. The molecule has 126 valence electrons. The van der Waals surface area contributed by atoms with Gasteiger partial charge in [-0.3, -0.25) is 4.90 Å². The largest absolute Gasteiger partial charge is 0.383 e. The van der Waals surface area contributed by atoms with Crippen molar-refractivity contribution in [2.45, 2.75) is 38.5 Å². The number of benzene rings is 1. The number of aromatic amines is 1. The van der Waals surface area contributed by atoms with Crippen molar-refractivity contribution in [3.63, 3.8) is 0 Å². The monoisotopic (exact) mass is 324 g/mol. The molecule has 1 saturated carbocycles. The molecule has 0 amide bonds. The highest BCUT2D eigenvalue weighted by molar-refractivity contribution is 5.79. The molecular formula is C19H24N4O. The summed E-state index contributed by atoms with van der Waals surface area (Å²) in [6, 6.07) is 9.52. The normalized spacial score (nSPS) is 14.8. The first-order valence-electron chi connectivity index (χ1n) is 8.62. The van der Waals surface area contributed by atoms with E-state index in [4.69, 9.17) is 4.74 Å². The summed E-state index contributed by atoms with van der Waals surface area (Å²) < 4.78 is 7.40. The quantitative estimate of drug-likeness (QED) is 0.692. The van der Waals surface area contributed by atoms with E-state index in [1.807, 2.05) is 18.6 Å². The Kier molecular flexibility index (Phi) is 4.36. The molecule has 5 nitrogen and oxygen atoms in total. The second-order valence-corrected chi connectivity index (χ2v) is 6.57. The van der Waals surface area contributed by atoms with Crippen molar-refractivity contribution in [2.75, 3.05) is 13.7 Å². The van der Waals surface area contributed by atoms with Crippen LogP contribution in [0.15, 0.2) is 42.9 Å². The van der Waals surface area contributed by atoms with Crippen LogP contribution in [0.3, 0.4) is 0 Å². The minimum absolute atomic E-state index is 0.694. The summed E-state index contributed by atoms with van der Waals surface area (Å²) in [4.78, 5) is 10.4. The predicted octanol–water partition coefficient (Wildman–Crippen LogP) is 3.18. The number of nitrogens with zero attached hydrogens (tertiary/aromatic N) is 3. The van der Waals surface area contributed by atoms with Crippen molar-refractivity contribution in [1.29, 1.82) is 0 Å². The van der Waals surface area contributed by atoms with Gasteiger partial charge in [-0.05, 0) is 42.0 Å². The van der Waals surface area contributed by atoms with E-state index < -0.39 is 0 Å². The average Bonchev–Trinajstić information content (AvgIpc) is 3.18. The van der Waals surface area contributed by atoms with E-state index in [0.29, 0.717) is 6.04 Å². The van der Waals surface area contributed by atoms with Crippen LogP contribution in [0.25, 0.3) is 10.9 Å². The molecule has 5 heteroatoms. The molecule has 0 bridgehead atoms. The molecule has 0 radical (unpaired) electrons. The van der Waals surface area contributed by atoms with E-state index in [1.54, 1.807) is 7.11 Å². The SMILES string of the molecule is COCCn1ccnc1CN(Cc1ccc2[nH]ccc2c1)C1CC1. The second-order valence-electron chi connectivity index (χ2n) is 6.57. The van der Waals surface area contributed by atoms with Crippen molar-refractivity contribution >= 4 is 10.9 Å². The Hall–Kier alpha value is -2.11. The fourth-order valence-corrected chi connectivity index (χ4v) is 3.26. The van der Waals surface area contributed by atoms with Crippen molar-refractivity contribution in [2.24, 2.45) is 0 Å². The average molecular weight is 324 g/mol. The maximum Gasteiger partial charge on any atom is 0.122 e. The molecule has 4 rings (SSSR count). The topological polar surface area (TPSA) is 46.1 Å². The molecule has 0 unspecified atom stereocenters. The summed E-state index contributed by atoms with van der Waals surface area (Å²) in [7, 11) is 1.74. The van der Waals surface area contributed by atoms with Gasteiger partial charge in [-0.15, -0.1) is 0 Å². The third-order valence-electron chi connectivity index (χ3n) is 4.75. The van der Waals surface area contributed by atoms with Crippen LogP contribution in [0.2, 0.25) is 0 Å². The maximum absolute atomic E-state index is 5.20. The van der Waals surface area contributed by atoms with Crippen LogP contribution in [0, 0.1) is 0 Å². The zero-order valence-electron chi connectivity index (χ0n) is 14.1. The Bertz CT molecular complexity index is 802. The first-order valence-corrected chi connectivity index (χ1v) is 8.62. The van der Waals surface area contributed by atoms with Gasteiger partial charge < -0.3 is 14.3 Å². The minimum Gasteiger partial charge on any atom is -0.383 e. The van der Waals surface area contributed by atoms with Gasteiger partial charge in [-0.2, -0.15) is 0 Å². The molecule has 1 aromatic carbocycles. The Morgan fingerprint density at radius 2 is 2.21 bits per heavy atom. The number of hydrogen-bond acceptors (Lipinski definition) is 3. The fraction of sp³-hybridized carbons (Fsp3) is 0.421. The number of fused-ring (bicyclic) bond motifs is 1. The van der Waals surface area contributed by atoms with E-state index in [1.165, 1.54) is 29.3 Å². The highest BCUT2D eigenvalue weighted by Gasteiger charge is 2.29. The Labute approximate surface area is 142 Å². The fourth-order valence-electron chi connectivity index (χ4n) is 3.26. The first kappa shape index (κ1) is 15.4. The summed E-state index contributed by atoms with van der Waals surface area (Å²) >= 11 is 0. The summed E-state index contributed by atoms with van der Waals surface area (Å²) in [5.41, 5.74) is 2.57. The van der Waals surface area contributed by atoms with Crippen LogP contribution in [-0.4, -0.2) is 39.2 Å². The van der Waals surface area contributed by atoms with E-state index in [9.17, 15) is 0 Å². The molecule has 0 saturated heterocycles. The van der Waals surface area contributed by atoms with Gasteiger partial charge in [0.05, 0.1) is 13.2 Å². The van der Waals surface area contributed by atoms with E-state index in [0.717, 1.165) is 32.1 Å². The second kappa shape index (κ2) is 6.79. The van der Waals surface area contributed by atoms with Gasteiger partial charge in [0.2, 0.25) is 0 Å². The molecule has 0 aliphatic heterocycles. The number of imidazole rings is 1. The number of aromatic nitrogens is 3. The van der Waals surface area contributed by atoms with Crippen LogP contribution in [0.5, 0.6) is 0 Å². The van der Waals surface area contributed by atoms with Crippen LogP contribution in [0.4, 0.5) is 0 Å². The zero-order valence-corrected chi connectivity index (χ0v) is 14.1. The van der Waals surface area contributed by atoms with Gasteiger partial charge in [0.25, 0.3) is 0 Å². The molecule has 3 aromatic rings. The lowest BCUT2D eigenvalue weighted by Gasteiger charge is -2.22. The van der Waals surface area contributed by atoms with Gasteiger partial charge in [-0.1, -0.05) is 6.07 Å². The van der Waals surface area contributed by atoms with Crippen LogP contribution in [-0.2, 0) is 24.4 Å². The van der Waals surface area contributed by atoms with Crippen molar-refractivity contribution in [3.05, 3.63) is 54.2 Å². The van der Waals surface area contributed by atoms with Crippen LogP contribution >= 0.6 is 0 Å². The Balaban J connectivity index is 1.49. The molecule has 2 aromatic heterocycles. The van der Waals surface area contributed by atoms with Crippen molar-refractivity contribution in [3.8, 4) is 0 Å². The first-order chi connectivity index (χ1) is 11.8. The Morgan fingerprint density at radius 3 is 3.04 bits per heavy atom. The van der Waals surface area contributed by atoms with E-state index in [2.05, 4.69) is 43.7 Å². The Morgan fingerprint density at radius 1 is 1.29 bits per heavy atom. The van der Waals surface area contributed by atoms with Gasteiger partial charge >= 0.3 is 0 Å². The highest BCUT2D eigenvalue weighted by atomic mass is 16.5. The third kappa shape index (κ3) is 3.37. The molecule has 1 aliphatic rings. The number of methoxy groups -OCH3 is 1. The van der Waals surface area contributed by atoms with Gasteiger partial charge in [0, 0.05) is 50.3 Å². The lowest BCUT2D eigenvalue weighted by atomic mass is 10.1. The maximum atomic E-state index is 5.20.